The summed E-state index contributed by atoms with van der Waals surface area (Å²) in [6.45, 7) is 0. The molecule has 2 N–H and O–H groups in total. The molecule has 0 spiro atoms. The molecule has 1 amide bonds. The highest BCUT2D eigenvalue weighted by Crippen LogP contribution is 2.53. The Hall–Kier alpha value is -2.10. The average molecular weight is 338 g/mol. The summed E-state index contributed by atoms with van der Waals surface area (Å²) in [6, 6.07) is 8.73. The maximum Gasteiger partial charge on any atom is 0.267 e. The lowest BCUT2D eigenvalue weighted by Gasteiger charge is -2.54. The number of aromatic amines is 1. The first-order valence-electron chi connectivity index (χ1n) is 9.41. The number of aromatic nitrogens is 1. The Balaban J connectivity index is 1.33. The van der Waals surface area contributed by atoms with Gasteiger partial charge < -0.3 is 10.3 Å². The molecule has 2 aromatic rings. The number of nitrogens with one attached hydrogen (secondary N) is 2. The molecule has 1 aromatic heterocycles. The van der Waals surface area contributed by atoms with E-state index in [-0.39, 0.29) is 11.7 Å². The van der Waals surface area contributed by atoms with E-state index in [0.29, 0.717) is 34.7 Å². The second-order valence-corrected chi connectivity index (χ2v) is 8.21. The fraction of sp³-hybridized carbons (Fsp3) is 0.476. The SMILES string of the molecule is O=C(NC1C2CC3CC(C2)CC1C3)c1cc(-c2ccccc2F)c[nH]1. The van der Waals surface area contributed by atoms with Crippen LogP contribution in [0.3, 0.4) is 0 Å². The molecule has 0 saturated heterocycles. The molecule has 3 nitrogen and oxygen atoms in total. The van der Waals surface area contributed by atoms with Gasteiger partial charge in [0, 0.05) is 23.4 Å². The van der Waals surface area contributed by atoms with Gasteiger partial charge in [-0.25, -0.2) is 4.39 Å². The van der Waals surface area contributed by atoms with E-state index in [2.05, 4.69) is 10.3 Å². The average Bonchev–Trinajstić information content (AvgIpc) is 3.08. The molecule has 1 aromatic carbocycles. The van der Waals surface area contributed by atoms with Crippen molar-refractivity contribution < 1.29 is 9.18 Å². The first-order valence-corrected chi connectivity index (χ1v) is 9.41. The summed E-state index contributed by atoms with van der Waals surface area (Å²) >= 11 is 0. The maximum absolute atomic E-state index is 13.9. The molecule has 1 heterocycles. The Kier molecular flexibility index (Phi) is 3.47. The Morgan fingerprint density at radius 1 is 1.04 bits per heavy atom. The molecule has 4 fully saturated rings. The smallest absolute Gasteiger partial charge is 0.267 e. The molecule has 25 heavy (non-hydrogen) atoms. The van der Waals surface area contributed by atoms with E-state index in [1.165, 1.54) is 38.2 Å². The Labute approximate surface area is 147 Å². The van der Waals surface area contributed by atoms with Crippen molar-refractivity contribution in [2.24, 2.45) is 23.7 Å². The van der Waals surface area contributed by atoms with Crippen LogP contribution in [0.4, 0.5) is 4.39 Å². The normalized spacial score (nSPS) is 32.8. The third-order valence-corrected chi connectivity index (χ3v) is 6.64. The molecule has 130 valence electrons. The van der Waals surface area contributed by atoms with Crippen LogP contribution in [0.1, 0.15) is 42.6 Å². The van der Waals surface area contributed by atoms with Crippen molar-refractivity contribution in [3.05, 3.63) is 48.0 Å². The number of hydrogen-bond acceptors (Lipinski definition) is 1. The number of hydrogen-bond donors (Lipinski definition) is 2. The quantitative estimate of drug-likeness (QED) is 0.857. The van der Waals surface area contributed by atoms with E-state index >= 15 is 0 Å². The van der Waals surface area contributed by atoms with Gasteiger partial charge in [-0.3, -0.25) is 4.79 Å². The fourth-order valence-corrected chi connectivity index (χ4v) is 5.77. The lowest BCUT2D eigenvalue weighted by Crippen LogP contribution is -2.55. The van der Waals surface area contributed by atoms with Crippen molar-refractivity contribution in [2.45, 2.75) is 38.1 Å². The topological polar surface area (TPSA) is 44.9 Å². The summed E-state index contributed by atoms with van der Waals surface area (Å²) in [5, 5.41) is 3.29. The molecule has 4 heteroatoms. The van der Waals surface area contributed by atoms with Crippen LogP contribution in [0.2, 0.25) is 0 Å². The number of benzene rings is 1. The highest BCUT2D eigenvalue weighted by atomic mass is 19.1. The molecule has 4 aliphatic rings. The lowest BCUT2D eigenvalue weighted by atomic mass is 9.54. The predicted octanol–water partition coefficient (Wildman–Crippen LogP) is 4.38. The fourth-order valence-electron chi connectivity index (χ4n) is 5.77. The second kappa shape index (κ2) is 5.72. The van der Waals surface area contributed by atoms with Gasteiger partial charge >= 0.3 is 0 Å². The van der Waals surface area contributed by atoms with Crippen LogP contribution < -0.4 is 5.32 Å². The number of carbonyl (C=O) groups excluding carboxylic acids is 1. The monoisotopic (exact) mass is 338 g/mol. The Bertz CT molecular complexity index is 784. The van der Waals surface area contributed by atoms with Gasteiger partial charge in [0.1, 0.15) is 11.5 Å². The molecule has 0 unspecified atom stereocenters. The van der Waals surface area contributed by atoms with E-state index < -0.39 is 0 Å². The Morgan fingerprint density at radius 3 is 2.40 bits per heavy atom. The Morgan fingerprint density at radius 2 is 1.72 bits per heavy atom. The predicted molar refractivity (Wildman–Crippen MR) is 94.5 cm³/mol. The lowest BCUT2D eigenvalue weighted by molar-refractivity contribution is -0.0120. The summed E-state index contributed by atoms with van der Waals surface area (Å²) in [5.41, 5.74) is 1.76. The summed E-state index contributed by atoms with van der Waals surface area (Å²) in [4.78, 5) is 15.8. The van der Waals surface area contributed by atoms with Crippen LogP contribution in [0, 0.1) is 29.5 Å². The molecule has 4 bridgehead atoms. The van der Waals surface area contributed by atoms with Gasteiger partial charge in [0.05, 0.1) is 0 Å². The van der Waals surface area contributed by atoms with E-state index in [1.54, 1.807) is 30.5 Å². The maximum atomic E-state index is 13.9. The minimum absolute atomic E-state index is 0.0555. The van der Waals surface area contributed by atoms with Crippen LogP contribution in [0.25, 0.3) is 11.1 Å². The van der Waals surface area contributed by atoms with Crippen molar-refractivity contribution in [3.8, 4) is 11.1 Å². The molecular formula is C21H23FN2O. The molecular weight excluding hydrogens is 315 g/mol. The van der Waals surface area contributed by atoms with Crippen molar-refractivity contribution in [3.63, 3.8) is 0 Å². The number of rotatable bonds is 3. The number of carbonyl (C=O) groups is 1. The standard InChI is InChI=1S/C21H23FN2O/c22-18-4-2-1-3-17(18)16-10-19(23-11-16)21(25)24-20-14-6-12-5-13(8-14)9-15(20)7-12/h1-4,10-15,20,23H,5-9H2,(H,24,25). The number of amides is 1. The van der Waals surface area contributed by atoms with Crippen LogP contribution in [0.5, 0.6) is 0 Å². The molecule has 0 atom stereocenters. The van der Waals surface area contributed by atoms with Gasteiger partial charge in [0.25, 0.3) is 5.91 Å². The first kappa shape index (κ1) is 15.2. The van der Waals surface area contributed by atoms with Gasteiger partial charge in [0.2, 0.25) is 0 Å². The van der Waals surface area contributed by atoms with Crippen molar-refractivity contribution in [2.75, 3.05) is 0 Å². The zero-order valence-corrected chi connectivity index (χ0v) is 14.2. The van der Waals surface area contributed by atoms with E-state index in [0.717, 1.165) is 11.8 Å². The third-order valence-electron chi connectivity index (χ3n) is 6.64. The molecule has 4 aliphatic carbocycles. The zero-order valence-electron chi connectivity index (χ0n) is 14.2. The minimum atomic E-state index is -0.269. The molecule has 0 radical (unpaired) electrons. The summed E-state index contributed by atoms with van der Waals surface area (Å²) in [7, 11) is 0. The third kappa shape index (κ3) is 2.59. The van der Waals surface area contributed by atoms with Crippen molar-refractivity contribution >= 4 is 5.91 Å². The second-order valence-electron chi connectivity index (χ2n) is 8.21. The zero-order chi connectivity index (χ0) is 17.0. The highest BCUT2D eigenvalue weighted by molar-refractivity contribution is 5.94. The van der Waals surface area contributed by atoms with Gasteiger partial charge in [-0.15, -0.1) is 0 Å². The molecule has 4 saturated carbocycles. The largest absolute Gasteiger partial charge is 0.357 e. The van der Waals surface area contributed by atoms with Gasteiger partial charge in [-0.05, 0) is 67.9 Å². The van der Waals surface area contributed by atoms with Gasteiger partial charge in [-0.2, -0.15) is 0 Å². The van der Waals surface area contributed by atoms with E-state index in [1.807, 2.05) is 0 Å². The van der Waals surface area contributed by atoms with E-state index in [4.69, 9.17) is 0 Å². The van der Waals surface area contributed by atoms with Crippen LogP contribution in [0.15, 0.2) is 36.5 Å². The summed E-state index contributed by atoms with van der Waals surface area (Å²) in [5.74, 6) is 2.78. The molecule has 6 rings (SSSR count). The number of H-pyrrole nitrogens is 1. The van der Waals surface area contributed by atoms with Crippen LogP contribution in [-0.2, 0) is 0 Å². The molecule has 0 aliphatic heterocycles. The number of halogens is 1. The first-order chi connectivity index (χ1) is 12.2. The van der Waals surface area contributed by atoms with Crippen LogP contribution >= 0.6 is 0 Å². The highest BCUT2D eigenvalue weighted by Gasteiger charge is 2.48. The van der Waals surface area contributed by atoms with Crippen molar-refractivity contribution in [1.29, 1.82) is 0 Å². The van der Waals surface area contributed by atoms with Gasteiger partial charge in [-0.1, -0.05) is 18.2 Å². The summed E-state index contributed by atoms with van der Waals surface area (Å²) < 4.78 is 13.9. The van der Waals surface area contributed by atoms with E-state index in [9.17, 15) is 9.18 Å². The van der Waals surface area contributed by atoms with Crippen molar-refractivity contribution in [1.82, 2.24) is 10.3 Å². The van der Waals surface area contributed by atoms with Crippen LogP contribution in [-0.4, -0.2) is 16.9 Å². The summed E-state index contributed by atoms with van der Waals surface area (Å²) in [6.07, 6.45) is 8.25. The minimum Gasteiger partial charge on any atom is -0.357 e. The van der Waals surface area contributed by atoms with Gasteiger partial charge in [0.15, 0.2) is 0 Å².